The zero-order chi connectivity index (χ0) is 11.0. The molecule has 0 saturated carbocycles. The number of fused-ring (bicyclic) bond motifs is 1. The number of hydrazine groups is 1. The van der Waals surface area contributed by atoms with E-state index in [0.29, 0.717) is 10.6 Å². The standard InChI is InChI=1S/C10H10ClN3O/c1-14-5-8(10(15)13-12)7-3-2-6(11)4-9(7)14/h2-5H,12H2,1H3,(H,13,15). The van der Waals surface area contributed by atoms with Gasteiger partial charge in [-0.25, -0.2) is 5.84 Å². The van der Waals surface area contributed by atoms with Crippen molar-refractivity contribution >= 4 is 28.4 Å². The molecule has 1 heterocycles. The molecule has 0 radical (unpaired) electrons. The van der Waals surface area contributed by atoms with Crippen molar-refractivity contribution in [1.29, 1.82) is 0 Å². The van der Waals surface area contributed by atoms with Gasteiger partial charge in [0.1, 0.15) is 0 Å². The molecular formula is C10H10ClN3O. The van der Waals surface area contributed by atoms with Crippen LogP contribution in [0.2, 0.25) is 5.02 Å². The molecule has 2 rings (SSSR count). The van der Waals surface area contributed by atoms with Crippen molar-refractivity contribution in [2.75, 3.05) is 0 Å². The summed E-state index contributed by atoms with van der Waals surface area (Å²) >= 11 is 5.87. The molecule has 0 fully saturated rings. The lowest BCUT2D eigenvalue weighted by Gasteiger charge is -1.97. The summed E-state index contributed by atoms with van der Waals surface area (Å²) in [5.41, 5.74) is 3.57. The first kappa shape index (κ1) is 10.0. The third-order valence-corrected chi connectivity index (χ3v) is 2.56. The third kappa shape index (κ3) is 1.58. The van der Waals surface area contributed by atoms with Crippen LogP contribution in [-0.4, -0.2) is 10.5 Å². The zero-order valence-electron chi connectivity index (χ0n) is 8.12. The lowest BCUT2D eigenvalue weighted by molar-refractivity contribution is 0.0955. The average Bonchev–Trinajstić information content (AvgIpc) is 2.55. The Morgan fingerprint density at radius 3 is 2.93 bits per heavy atom. The van der Waals surface area contributed by atoms with Crippen LogP contribution in [-0.2, 0) is 7.05 Å². The van der Waals surface area contributed by atoms with Crippen molar-refractivity contribution in [3.63, 3.8) is 0 Å². The largest absolute Gasteiger partial charge is 0.350 e. The fourth-order valence-electron chi connectivity index (χ4n) is 1.62. The number of aryl methyl sites for hydroxylation is 1. The fourth-order valence-corrected chi connectivity index (χ4v) is 1.78. The highest BCUT2D eigenvalue weighted by molar-refractivity contribution is 6.31. The summed E-state index contributed by atoms with van der Waals surface area (Å²) in [5.74, 6) is 4.80. The average molecular weight is 224 g/mol. The number of amides is 1. The number of halogens is 1. The maximum atomic E-state index is 11.4. The predicted octanol–water partition coefficient (Wildman–Crippen LogP) is 1.44. The summed E-state index contributed by atoms with van der Waals surface area (Å²) in [5, 5.41) is 1.48. The Morgan fingerprint density at radius 2 is 2.27 bits per heavy atom. The summed E-state index contributed by atoms with van der Waals surface area (Å²) in [4.78, 5) is 11.4. The van der Waals surface area contributed by atoms with Crippen LogP contribution >= 0.6 is 11.6 Å². The quantitative estimate of drug-likeness (QED) is 0.437. The number of hydrogen-bond donors (Lipinski definition) is 2. The van der Waals surface area contributed by atoms with Gasteiger partial charge in [0.25, 0.3) is 5.91 Å². The number of carbonyl (C=O) groups is 1. The molecule has 0 aliphatic rings. The minimum Gasteiger partial charge on any atom is -0.350 e. The van der Waals surface area contributed by atoms with Crippen LogP contribution in [0.15, 0.2) is 24.4 Å². The minimum atomic E-state index is -0.303. The molecule has 0 spiro atoms. The highest BCUT2D eigenvalue weighted by Gasteiger charge is 2.12. The lowest BCUT2D eigenvalue weighted by atomic mass is 10.2. The number of carbonyl (C=O) groups excluding carboxylic acids is 1. The Bertz CT molecular complexity index is 533. The van der Waals surface area contributed by atoms with E-state index in [2.05, 4.69) is 5.43 Å². The maximum absolute atomic E-state index is 11.4. The van der Waals surface area contributed by atoms with Gasteiger partial charge in [-0.05, 0) is 12.1 Å². The molecule has 0 bridgehead atoms. The van der Waals surface area contributed by atoms with E-state index in [1.807, 2.05) is 23.7 Å². The van der Waals surface area contributed by atoms with Crippen molar-refractivity contribution in [3.05, 3.63) is 35.0 Å². The first-order valence-electron chi connectivity index (χ1n) is 4.39. The van der Waals surface area contributed by atoms with Crippen LogP contribution in [0, 0.1) is 0 Å². The van der Waals surface area contributed by atoms with Crippen LogP contribution in [0.5, 0.6) is 0 Å². The van der Waals surface area contributed by atoms with E-state index in [1.165, 1.54) is 0 Å². The van der Waals surface area contributed by atoms with Crippen LogP contribution in [0.1, 0.15) is 10.4 Å². The van der Waals surface area contributed by atoms with Gasteiger partial charge in [-0.3, -0.25) is 10.2 Å². The Labute approximate surface area is 91.6 Å². The van der Waals surface area contributed by atoms with Gasteiger partial charge in [-0.2, -0.15) is 0 Å². The second-order valence-electron chi connectivity index (χ2n) is 3.29. The van der Waals surface area contributed by atoms with E-state index < -0.39 is 0 Å². The van der Waals surface area contributed by atoms with E-state index in [0.717, 1.165) is 10.9 Å². The number of benzene rings is 1. The molecule has 78 valence electrons. The zero-order valence-corrected chi connectivity index (χ0v) is 8.88. The first-order valence-corrected chi connectivity index (χ1v) is 4.77. The van der Waals surface area contributed by atoms with E-state index in [4.69, 9.17) is 17.4 Å². The molecule has 4 nitrogen and oxygen atoms in total. The smallest absolute Gasteiger partial charge is 0.267 e. The van der Waals surface area contributed by atoms with Crippen LogP contribution in [0.25, 0.3) is 10.9 Å². The second kappa shape index (κ2) is 3.56. The number of aromatic nitrogens is 1. The van der Waals surface area contributed by atoms with Gasteiger partial charge < -0.3 is 4.57 Å². The number of nitrogen functional groups attached to an aromatic ring is 1. The van der Waals surface area contributed by atoms with Crippen molar-refractivity contribution in [1.82, 2.24) is 9.99 Å². The van der Waals surface area contributed by atoms with Gasteiger partial charge in [0.05, 0.1) is 11.1 Å². The summed E-state index contributed by atoms with van der Waals surface area (Å²) in [6, 6.07) is 5.36. The number of nitrogens with one attached hydrogen (secondary N) is 1. The van der Waals surface area contributed by atoms with E-state index >= 15 is 0 Å². The summed E-state index contributed by atoms with van der Waals surface area (Å²) in [6.07, 6.45) is 1.73. The highest BCUT2D eigenvalue weighted by atomic mass is 35.5. The maximum Gasteiger partial charge on any atom is 0.267 e. The molecule has 1 aromatic heterocycles. The Kier molecular flexibility index (Phi) is 2.38. The molecule has 5 heteroatoms. The predicted molar refractivity (Wildman–Crippen MR) is 59.6 cm³/mol. The van der Waals surface area contributed by atoms with E-state index in [1.54, 1.807) is 12.3 Å². The normalized spacial score (nSPS) is 10.6. The Balaban J connectivity index is 2.73. The van der Waals surface area contributed by atoms with Crippen molar-refractivity contribution in [2.45, 2.75) is 0 Å². The number of nitrogens with zero attached hydrogens (tertiary/aromatic N) is 1. The first-order chi connectivity index (χ1) is 7.13. The summed E-state index contributed by atoms with van der Waals surface area (Å²) in [7, 11) is 1.85. The molecule has 0 atom stereocenters. The van der Waals surface area contributed by atoms with Crippen LogP contribution in [0.4, 0.5) is 0 Å². The van der Waals surface area contributed by atoms with Gasteiger partial charge in [-0.1, -0.05) is 17.7 Å². The molecule has 1 amide bonds. The summed E-state index contributed by atoms with van der Waals surface area (Å²) < 4.78 is 1.84. The lowest BCUT2D eigenvalue weighted by Crippen LogP contribution is -2.29. The third-order valence-electron chi connectivity index (χ3n) is 2.33. The Morgan fingerprint density at radius 1 is 1.53 bits per heavy atom. The summed E-state index contributed by atoms with van der Waals surface area (Å²) in [6.45, 7) is 0. The molecule has 3 N–H and O–H groups in total. The molecule has 0 unspecified atom stereocenters. The number of hydrogen-bond acceptors (Lipinski definition) is 2. The number of rotatable bonds is 1. The van der Waals surface area contributed by atoms with E-state index in [9.17, 15) is 4.79 Å². The SMILES string of the molecule is Cn1cc(C(=O)NN)c2ccc(Cl)cc21. The molecular weight excluding hydrogens is 214 g/mol. The second-order valence-corrected chi connectivity index (χ2v) is 3.73. The van der Waals surface area contributed by atoms with Crippen molar-refractivity contribution < 1.29 is 4.79 Å². The minimum absolute atomic E-state index is 0.303. The number of nitrogens with two attached hydrogens (primary N) is 1. The molecule has 2 aromatic rings. The molecule has 15 heavy (non-hydrogen) atoms. The molecule has 1 aromatic carbocycles. The van der Waals surface area contributed by atoms with E-state index in [-0.39, 0.29) is 5.91 Å². The molecule has 0 aliphatic heterocycles. The monoisotopic (exact) mass is 223 g/mol. The van der Waals surface area contributed by atoms with Gasteiger partial charge in [0.15, 0.2) is 0 Å². The van der Waals surface area contributed by atoms with Crippen LogP contribution in [0.3, 0.4) is 0 Å². The van der Waals surface area contributed by atoms with Crippen molar-refractivity contribution in [2.24, 2.45) is 12.9 Å². The topological polar surface area (TPSA) is 60.0 Å². The highest BCUT2D eigenvalue weighted by Crippen LogP contribution is 2.23. The molecule has 0 saturated heterocycles. The molecule has 0 aliphatic carbocycles. The van der Waals surface area contributed by atoms with Crippen LogP contribution < -0.4 is 11.3 Å². The van der Waals surface area contributed by atoms with Gasteiger partial charge in [-0.15, -0.1) is 0 Å². The van der Waals surface area contributed by atoms with Gasteiger partial charge in [0.2, 0.25) is 0 Å². The van der Waals surface area contributed by atoms with Gasteiger partial charge >= 0.3 is 0 Å². The van der Waals surface area contributed by atoms with Gasteiger partial charge in [0, 0.05) is 23.7 Å². The fraction of sp³-hybridized carbons (Fsp3) is 0.100. The Hall–Kier alpha value is -1.52. The van der Waals surface area contributed by atoms with Crippen molar-refractivity contribution in [3.8, 4) is 0 Å².